The Bertz CT molecular complexity index is 793. The number of hydrogen-bond donors (Lipinski definition) is 1. The number of amides is 1. The molecule has 2 aromatic heterocycles. The average molecular weight is 387 g/mol. The molecule has 0 bridgehead atoms. The molecule has 0 spiro atoms. The summed E-state index contributed by atoms with van der Waals surface area (Å²) in [6.07, 6.45) is 7.72. The topological polar surface area (TPSA) is 58.1 Å². The first-order valence-electron chi connectivity index (χ1n) is 9.64. The molecule has 144 valence electrons. The highest BCUT2D eigenvalue weighted by molar-refractivity contribution is 6.33. The second kappa shape index (κ2) is 8.70. The van der Waals surface area contributed by atoms with E-state index in [2.05, 4.69) is 29.1 Å². The van der Waals surface area contributed by atoms with E-state index in [1.54, 1.807) is 18.5 Å². The number of halogens is 1. The van der Waals surface area contributed by atoms with Crippen molar-refractivity contribution >= 4 is 29.0 Å². The van der Waals surface area contributed by atoms with Gasteiger partial charge in [0, 0.05) is 24.5 Å². The molecular formula is C21H27ClN4O. The Balaban J connectivity index is 1.77. The van der Waals surface area contributed by atoms with Crippen LogP contribution in [0, 0.1) is 12.8 Å². The van der Waals surface area contributed by atoms with Crippen molar-refractivity contribution in [3.05, 3.63) is 46.9 Å². The maximum atomic E-state index is 13.1. The molecule has 0 radical (unpaired) electrons. The zero-order valence-electron chi connectivity index (χ0n) is 16.2. The van der Waals surface area contributed by atoms with E-state index in [0.29, 0.717) is 28.4 Å². The smallest absolute Gasteiger partial charge is 0.255 e. The van der Waals surface area contributed by atoms with Crippen LogP contribution in [0.4, 0.5) is 11.5 Å². The third kappa shape index (κ3) is 4.78. The summed E-state index contributed by atoms with van der Waals surface area (Å²) in [5, 5.41) is 3.58. The number of carbonyl (C=O) groups excluding carboxylic acids is 1. The number of pyridine rings is 2. The number of carbonyl (C=O) groups is 1. The van der Waals surface area contributed by atoms with Gasteiger partial charge in [-0.1, -0.05) is 31.9 Å². The molecule has 1 N–H and O–H groups in total. The lowest BCUT2D eigenvalue weighted by molar-refractivity contribution is 0.0531. The lowest BCUT2D eigenvalue weighted by Gasteiger charge is -2.38. The molecule has 2 unspecified atom stereocenters. The van der Waals surface area contributed by atoms with Gasteiger partial charge in [-0.25, -0.2) is 4.98 Å². The van der Waals surface area contributed by atoms with Crippen LogP contribution in [0.25, 0.3) is 0 Å². The number of nitrogens with one attached hydrogen (secondary N) is 1. The van der Waals surface area contributed by atoms with Gasteiger partial charge in [0.05, 0.1) is 22.5 Å². The fourth-order valence-electron chi connectivity index (χ4n) is 3.58. The highest BCUT2D eigenvalue weighted by Crippen LogP contribution is 2.28. The van der Waals surface area contributed by atoms with Crippen molar-refractivity contribution in [3.8, 4) is 0 Å². The van der Waals surface area contributed by atoms with E-state index in [4.69, 9.17) is 11.6 Å². The van der Waals surface area contributed by atoms with E-state index >= 15 is 0 Å². The molecule has 1 saturated heterocycles. The molecule has 2 aromatic rings. The molecular weight excluding hydrogens is 360 g/mol. The zero-order valence-corrected chi connectivity index (χ0v) is 17.0. The van der Waals surface area contributed by atoms with Gasteiger partial charge in [0.15, 0.2) is 0 Å². The largest absolute Gasteiger partial charge is 0.338 e. The second-order valence-corrected chi connectivity index (χ2v) is 7.86. The molecule has 1 aliphatic heterocycles. The van der Waals surface area contributed by atoms with Crippen LogP contribution < -0.4 is 5.32 Å². The summed E-state index contributed by atoms with van der Waals surface area (Å²) < 4.78 is 0. The van der Waals surface area contributed by atoms with Crippen LogP contribution in [-0.4, -0.2) is 33.4 Å². The lowest BCUT2D eigenvalue weighted by atomic mass is 9.91. The summed E-state index contributed by atoms with van der Waals surface area (Å²) >= 11 is 6.40. The SMILES string of the molecule is CCCC1CCC(C)CN1C(=O)c1cnc(Nc2ccc(C)nc2)c(Cl)c1. The van der Waals surface area contributed by atoms with E-state index in [9.17, 15) is 4.79 Å². The minimum Gasteiger partial charge on any atom is -0.338 e. The van der Waals surface area contributed by atoms with Crippen molar-refractivity contribution in [1.82, 2.24) is 14.9 Å². The van der Waals surface area contributed by atoms with Gasteiger partial charge in [0.25, 0.3) is 5.91 Å². The summed E-state index contributed by atoms with van der Waals surface area (Å²) in [5.74, 6) is 1.08. The van der Waals surface area contributed by atoms with Gasteiger partial charge in [0.2, 0.25) is 0 Å². The van der Waals surface area contributed by atoms with Crippen LogP contribution in [0.1, 0.15) is 55.6 Å². The van der Waals surface area contributed by atoms with Crippen molar-refractivity contribution in [2.24, 2.45) is 5.92 Å². The Morgan fingerprint density at radius 1 is 1.30 bits per heavy atom. The monoisotopic (exact) mass is 386 g/mol. The highest BCUT2D eigenvalue weighted by Gasteiger charge is 2.30. The average Bonchev–Trinajstić information content (AvgIpc) is 2.66. The minimum atomic E-state index is 0.0259. The first-order chi connectivity index (χ1) is 13.0. The molecule has 1 fully saturated rings. The van der Waals surface area contributed by atoms with Crippen LogP contribution in [-0.2, 0) is 0 Å². The quantitative estimate of drug-likeness (QED) is 0.765. The van der Waals surface area contributed by atoms with Crippen molar-refractivity contribution in [3.63, 3.8) is 0 Å². The van der Waals surface area contributed by atoms with Crippen molar-refractivity contribution in [1.29, 1.82) is 0 Å². The van der Waals surface area contributed by atoms with Crippen LogP contribution in [0.2, 0.25) is 5.02 Å². The first-order valence-corrected chi connectivity index (χ1v) is 10.0. The number of nitrogens with zero attached hydrogens (tertiary/aromatic N) is 3. The van der Waals surface area contributed by atoms with Crippen LogP contribution in [0.15, 0.2) is 30.6 Å². The van der Waals surface area contributed by atoms with Gasteiger partial charge in [-0.05, 0) is 50.3 Å². The molecule has 3 heterocycles. The molecule has 3 rings (SSSR count). The maximum absolute atomic E-state index is 13.1. The molecule has 0 aliphatic carbocycles. The fraction of sp³-hybridized carbons (Fsp3) is 0.476. The van der Waals surface area contributed by atoms with Gasteiger partial charge in [-0.2, -0.15) is 0 Å². The Labute approximate surface area is 166 Å². The summed E-state index contributed by atoms with van der Waals surface area (Å²) in [5.41, 5.74) is 2.29. The van der Waals surface area contributed by atoms with Crippen molar-refractivity contribution < 1.29 is 4.79 Å². The third-order valence-electron chi connectivity index (χ3n) is 5.09. The molecule has 0 saturated carbocycles. The van der Waals surface area contributed by atoms with E-state index in [1.807, 2.05) is 24.0 Å². The van der Waals surface area contributed by atoms with Crippen molar-refractivity contribution in [2.75, 3.05) is 11.9 Å². The predicted octanol–water partition coefficient (Wildman–Crippen LogP) is 5.22. The summed E-state index contributed by atoms with van der Waals surface area (Å²) in [6, 6.07) is 5.86. The molecule has 2 atom stereocenters. The number of aromatic nitrogens is 2. The number of aryl methyl sites for hydroxylation is 1. The molecule has 27 heavy (non-hydrogen) atoms. The Kier molecular flexibility index (Phi) is 6.32. The fourth-order valence-corrected chi connectivity index (χ4v) is 3.80. The van der Waals surface area contributed by atoms with E-state index in [-0.39, 0.29) is 5.91 Å². The van der Waals surface area contributed by atoms with E-state index in [1.165, 1.54) is 6.42 Å². The lowest BCUT2D eigenvalue weighted by Crippen LogP contribution is -2.46. The minimum absolute atomic E-state index is 0.0259. The normalized spacial score (nSPS) is 19.8. The summed E-state index contributed by atoms with van der Waals surface area (Å²) in [7, 11) is 0. The van der Waals surface area contributed by atoms with Gasteiger partial charge in [-0.3, -0.25) is 9.78 Å². The molecule has 1 amide bonds. The number of hydrogen-bond acceptors (Lipinski definition) is 4. The maximum Gasteiger partial charge on any atom is 0.255 e. The summed E-state index contributed by atoms with van der Waals surface area (Å²) in [6.45, 7) is 7.11. The number of likely N-dealkylation sites (tertiary alicyclic amines) is 1. The van der Waals surface area contributed by atoms with Gasteiger partial charge >= 0.3 is 0 Å². The summed E-state index contributed by atoms with van der Waals surface area (Å²) in [4.78, 5) is 23.7. The number of anilines is 2. The number of piperidine rings is 1. The molecule has 0 aromatic carbocycles. The Hall–Kier alpha value is -2.14. The molecule has 1 aliphatic rings. The zero-order chi connectivity index (χ0) is 19.4. The van der Waals surface area contributed by atoms with Crippen molar-refractivity contribution in [2.45, 2.75) is 52.5 Å². The van der Waals surface area contributed by atoms with Crippen LogP contribution >= 0.6 is 11.6 Å². The van der Waals surface area contributed by atoms with Crippen LogP contribution in [0.5, 0.6) is 0 Å². The van der Waals surface area contributed by atoms with Gasteiger partial charge in [-0.15, -0.1) is 0 Å². The standard InChI is InChI=1S/C21H27ClN4O/c1-4-5-18-9-6-14(2)13-26(18)21(27)16-10-19(22)20(24-11-16)25-17-8-7-15(3)23-12-17/h7-8,10-12,14,18H,4-6,9,13H2,1-3H3,(H,24,25). The number of rotatable bonds is 5. The third-order valence-corrected chi connectivity index (χ3v) is 5.37. The highest BCUT2D eigenvalue weighted by atomic mass is 35.5. The van der Waals surface area contributed by atoms with Gasteiger partial charge < -0.3 is 10.2 Å². The Morgan fingerprint density at radius 3 is 2.78 bits per heavy atom. The van der Waals surface area contributed by atoms with E-state index in [0.717, 1.165) is 37.2 Å². The molecule has 6 heteroatoms. The van der Waals surface area contributed by atoms with Gasteiger partial charge in [0.1, 0.15) is 5.82 Å². The predicted molar refractivity (Wildman–Crippen MR) is 110 cm³/mol. The molecule has 5 nitrogen and oxygen atoms in total. The van der Waals surface area contributed by atoms with E-state index < -0.39 is 0 Å². The van der Waals surface area contributed by atoms with Crippen LogP contribution in [0.3, 0.4) is 0 Å². The first kappa shape index (κ1) is 19.6. The Morgan fingerprint density at radius 2 is 2.11 bits per heavy atom. The second-order valence-electron chi connectivity index (χ2n) is 7.45.